The summed E-state index contributed by atoms with van der Waals surface area (Å²) < 4.78 is 0. The molecule has 1 radical (unpaired) electrons. The maximum Gasteiger partial charge on any atom is -0.0181 e. The predicted octanol–water partition coefficient (Wildman–Crippen LogP) is 3.46. The van der Waals surface area contributed by atoms with Crippen LogP contribution in [0, 0.1) is 13.0 Å². The monoisotopic (exact) mass is 159 g/mol. The number of benzene rings is 1. The van der Waals surface area contributed by atoms with Crippen molar-refractivity contribution < 1.29 is 0 Å². The second-order valence-corrected chi connectivity index (χ2v) is 3.40. The van der Waals surface area contributed by atoms with Crippen molar-refractivity contribution in [2.75, 3.05) is 0 Å². The van der Waals surface area contributed by atoms with E-state index >= 15 is 0 Å². The van der Waals surface area contributed by atoms with Crippen LogP contribution in [0.5, 0.6) is 0 Å². The van der Waals surface area contributed by atoms with Crippen LogP contribution in [0.25, 0.3) is 0 Å². The quantitative estimate of drug-likeness (QED) is 0.620. The Morgan fingerprint density at radius 1 is 1.33 bits per heavy atom. The highest BCUT2D eigenvalue weighted by Crippen LogP contribution is 2.19. The Labute approximate surface area is 74.9 Å². The Bertz CT molecular complexity index is 282. The molecule has 0 bridgehead atoms. The van der Waals surface area contributed by atoms with Crippen LogP contribution >= 0.6 is 0 Å². The van der Waals surface area contributed by atoms with Crippen LogP contribution in [0.4, 0.5) is 0 Å². The molecule has 1 rings (SSSR count). The maximum atomic E-state index is 3.62. The molecule has 0 atom stereocenters. The Balaban J connectivity index is 3.11. The zero-order valence-electron chi connectivity index (χ0n) is 8.02. The first kappa shape index (κ1) is 9.05. The molecule has 0 spiro atoms. The van der Waals surface area contributed by atoms with Crippen molar-refractivity contribution >= 4 is 0 Å². The van der Waals surface area contributed by atoms with Crippen LogP contribution in [-0.2, 0) is 0 Å². The fraction of sp³-hybridized carbons (Fsp3) is 0.333. The summed E-state index contributed by atoms with van der Waals surface area (Å²) in [5, 5.41) is 0. The lowest BCUT2D eigenvalue weighted by atomic mass is 9.96. The van der Waals surface area contributed by atoms with Crippen LogP contribution in [-0.4, -0.2) is 0 Å². The Hall–Kier alpha value is -1.04. The zero-order valence-corrected chi connectivity index (χ0v) is 8.02. The van der Waals surface area contributed by atoms with Gasteiger partial charge in [0.1, 0.15) is 0 Å². The molecule has 0 heterocycles. The van der Waals surface area contributed by atoms with Gasteiger partial charge >= 0.3 is 0 Å². The fourth-order valence-corrected chi connectivity index (χ4v) is 1.43. The zero-order chi connectivity index (χ0) is 9.14. The first-order chi connectivity index (χ1) is 5.65. The van der Waals surface area contributed by atoms with Gasteiger partial charge in [-0.15, -0.1) is 0 Å². The molecule has 0 aliphatic rings. The van der Waals surface area contributed by atoms with Crippen molar-refractivity contribution in [2.45, 2.75) is 26.7 Å². The van der Waals surface area contributed by atoms with E-state index in [1.807, 2.05) is 0 Å². The lowest BCUT2D eigenvalue weighted by Gasteiger charge is -2.09. The van der Waals surface area contributed by atoms with Crippen LogP contribution in [0.15, 0.2) is 24.8 Å². The molecule has 12 heavy (non-hydrogen) atoms. The fourth-order valence-electron chi connectivity index (χ4n) is 1.43. The maximum absolute atomic E-state index is 3.62. The summed E-state index contributed by atoms with van der Waals surface area (Å²) in [5.41, 5.74) is 3.82. The van der Waals surface area contributed by atoms with E-state index in [4.69, 9.17) is 0 Å². The van der Waals surface area contributed by atoms with E-state index in [-0.39, 0.29) is 0 Å². The Morgan fingerprint density at radius 2 is 2.00 bits per heavy atom. The van der Waals surface area contributed by atoms with Gasteiger partial charge in [-0.2, -0.15) is 0 Å². The molecular formula is C12H15. The molecule has 63 valence electrons. The molecule has 0 saturated heterocycles. The SMILES string of the molecule is C=[C]c1ccc(C(C)C)c(C)c1. The third-order valence-corrected chi connectivity index (χ3v) is 2.10. The van der Waals surface area contributed by atoms with Crippen LogP contribution in [0.2, 0.25) is 0 Å². The van der Waals surface area contributed by atoms with Crippen molar-refractivity contribution in [3.05, 3.63) is 47.5 Å². The first-order valence-electron chi connectivity index (χ1n) is 4.28. The number of aryl methyl sites for hydroxylation is 1. The normalized spacial score (nSPS) is 10.3. The van der Waals surface area contributed by atoms with Gasteiger partial charge < -0.3 is 0 Å². The number of hydrogen-bond acceptors (Lipinski definition) is 0. The van der Waals surface area contributed by atoms with Gasteiger partial charge in [0.15, 0.2) is 0 Å². The summed E-state index contributed by atoms with van der Waals surface area (Å²) in [6.07, 6.45) is 2.88. The minimum atomic E-state index is 0.601. The molecule has 0 aliphatic carbocycles. The third-order valence-electron chi connectivity index (χ3n) is 2.10. The van der Waals surface area contributed by atoms with Gasteiger partial charge in [-0.3, -0.25) is 0 Å². The third kappa shape index (κ3) is 1.76. The van der Waals surface area contributed by atoms with Crippen molar-refractivity contribution in [2.24, 2.45) is 0 Å². The van der Waals surface area contributed by atoms with Gasteiger partial charge in [0.25, 0.3) is 0 Å². The highest BCUT2D eigenvalue weighted by molar-refractivity contribution is 5.35. The van der Waals surface area contributed by atoms with Crippen molar-refractivity contribution in [1.82, 2.24) is 0 Å². The van der Waals surface area contributed by atoms with E-state index in [1.54, 1.807) is 0 Å². The molecule has 0 fully saturated rings. The van der Waals surface area contributed by atoms with Crippen molar-refractivity contribution in [1.29, 1.82) is 0 Å². The summed E-state index contributed by atoms with van der Waals surface area (Å²) in [7, 11) is 0. The smallest absolute Gasteiger partial charge is 0.0181 e. The standard InChI is InChI=1S/C12H15/c1-5-11-6-7-12(9(2)3)10(4)8-11/h6-9H,1H2,2-4H3. The molecule has 0 saturated carbocycles. The molecule has 0 N–H and O–H groups in total. The average Bonchev–Trinajstić information content (AvgIpc) is 2.03. The van der Waals surface area contributed by atoms with Crippen molar-refractivity contribution in [3.8, 4) is 0 Å². The molecule has 0 aliphatic heterocycles. The summed E-state index contributed by atoms with van der Waals surface area (Å²) in [4.78, 5) is 0. The summed E-state index contributed by atoms with van der Waals surface area (Å²) in [6.45, 7) is 10.2. The van der Waals surface area contributed by atoms with Gasteiger partial charge in [0, 0.05) is 0 Å². The minimum absolute atomic E-state index is 0.601. The van der Waals surface area contributed by atoms with Crippen LogP contribution < -0.4 is 0 Å². The van der Waals surface area contributed by atoms with E-state index < -0.39 is 0 Å². The molecule has 1 aromatic rings. The van der Waals surface area contributed by atoms with E-state index in [1.165, 1.54) is 11.1 Å². The predicted molar refractivity (Wildman–Crippen MR) is 53.2 cm³/mol. The first-order valence-corrected chi connectivity index (χ1v) is 4.28. The molecular weight excluding hydrogens is 144 g/mol. The summed E-state index contributed by atoms with van der Waals surface area (Å²) >= 11 is 0. The van der Waals surface area contributed by atoms with E-state index in [0.29, 0.717) is 5.92 Å². The second-order valence-electron chi connectivity index (χ2n) is 3.40. The van der Waals surface area contributed by atoms with E-state index in [0.717, 1.165) is 5.56 Å². The highest BCUT2D eigenvalue weighted by atomic mass is 14.1. The van der Waals surface area contributed by atoms with Gasteiger partial charge in [0.05, 0.1) is 0 Å². The van der Waals surface area contributed by atoms with Gasteiger partial charge in [-0.05, 0) is 35.6 Å². The molecule has 0 unspecified atom stereocenters. The van der Waals surface area contributed by atoms with Crippen LogP contribution in [0.1, 0.15) is 36.5 Å². The topological polar surface area (TPSA) is 0 Å². The lowest BCUT2D eigenvalue weighted by molar-refractivity contribution is 0.856. The highest BCUT2D eigenvalue weighted by Gasteiger charge is 2.02. The Morgan fingerprint density at radius 3 is 2.42 bits per heavy atom. The van der Waals surface area contributed by atoms with Gasteiger partial charge in [-0.25, -0.2) is 0 Å². The Kier molecular flexibility index (Phi) is 2.69. The molecule has 1 aromatic carbocycles. The van der Waals surface area contributed by atoms with Gasteiger partial charge in [0.2, 0.25) is 0 Å². The molecule has 0 heteroatoms. The molecule has 0 nitrogen and oxygen atoms in total. The number of rotatable bonds is 2. The molecule has 0 amide bonds. The van der Waals surface area contributed by atoms with Crippen LogP contribution in [0.3, 0.4) is 0 Å². The largest absolute Gasteiger partial charge is 0.0906 e. The van der Waals surface area contributed by atoms with E-state index in [2.05, 4.69) is 51.6 Å². The lowest BCUT2D eigenvalue weighted by Crippen LogP contribution is -1.91. The van der Waals surface area contributed by atoms with Crippen molar-refractivity contribution in [3.63, 3.8) is 0 Å². The molecule has 0 aromatic heterocycles. The second kappa shape index (κ2) is 3.57. The van der Waals surface area contributed by atoms with Gasteiger partial charge in [-0.1, -0.05) is 38.6 Å². The number of hydrogen-bond donors (Lipinski definition) is 0. The summed E-state index contributed by atoms with van der Waals surface area (Å²) in [5.74, 6) is 0.601. The summed E-state index contributed by atoms with van der Waals surface area (Å²) in [6, 6.07) is 6.35. The minimum Gasteiger partial charge on any atom is -0.0906 e. The van der Waals surface area contributed by atoms with E-state index in [9.17, 15) is 0 Å². The average molecular weight is 159 g/mol.